The van der Waals surface area contributed by atoms with Gasteiger partial charge in [-0.3, -0.25) is 0 Å². The quantitative estimate of drug-likeness (QED) is 0.623. The fourth-order valence-corrected chi connectivity index (χ4v) is 1.92. The molecule has 0 saturated carbocycles. The molecular formula is C10H8BrN. The van der Waals surface area contributed by atoms with E-state index in [9.17, 15) is 0 Å². The lowest BCUT2D eigenvalue weighted by atomic mass is 10.1. The second kappa shape index (κ2) is 2.87. The molecule has 1 heterocycles. The number of hydrogen-bond donors (Lipinski definition) is 0. The topological polar surface area (TPSA) is 12.9 Å². The van der Waals surface area contributed by atoms with E-state index < -0.39 is 0 Å². The first kappa shape index (κ1) is 7.74. The van der Waals surface area contributed by atoms with Crippen molar-refractivity contribution in [3.63, 3.8) is 0 Å². The average Bonchev–Trinajstić information content (AvgIpc) is 2.04. The van der Waals surface area contributed by atoms with E-state index in [1.165, 1.54) is 10.8 Å². The predicted octanol–water partition coefficient (Wildman–Crippen LogP) is 3.31. The number of halogens is 1. The summed E-state index contributed by atoms with van der Waals surface area (Å²) in [5, 5.41) is 2.40. The summed E-state index contributed by atoms with van der Waals surface area (Å²) in [6.45, 7) is 2.00. The first-order valence-corrected chi connectivity index (χ1v) is 4.58. The first-order chi connectivity index (χ1) is 5.77. The van der Waals surface area contributed by atoms with Crippen molar-refractivity contribution < 1.29 is 0 Å². The molecule has 0 amide bonds. The molecule has 0 saturated heterocycles. The molecule has 0 unspecified atom stereocenters. The number of fused-ring (bicyclic) bond motifs is 1. The van der Waals surface area contributed by atoms with Crippen molar-refractivity contribution in [1.82, 2.24) is 4.98 Å². The molecule has 60 valence electrons. The van der Waals surface area contributed by atoms with E-state index in [1.54, 1.807) is 0 Å². The van der Waals surface area contributed by atoms with Crippen LogP contribution in [0.15, 0.2) is 34.9 Å². The second-order valence-electron chi connectivity index (χ2n) is 2.78. The van der Waals surface area contributed by atoms with Crippen LogP contribution in [0.25, 0.3) is 10.8 Å². The van der Waals surface area contributed by atoms with Crippen LogP contribution in [0.3, 0.4) is 0 Å². The third kappa shape index (κ3) is 1.23. The molecule has 0 aliphatic heterocycles. The summed E-state index contributed by atoms with van der Waals surface area (Å²) in [6.07, 6.45) is 0. The fourth-order valence-electron chi connectivity index (χ4n) is 1.28. The van der Waals surface area contributed by atoms with Gasteiger partial charge in [0.15, 0.2) is 0 Å². The number of aromatic nitrogens is 1. The summed E-state index contributed by atoms with van der Waals surface area (Å²) < 4.78 is 0.929. The largest absolute Gasteiger partial charge is 0.246 e. The van der Waals surface area contributed by atoms with E-state index in [2.05, 4.69) is 39.1 Å². The van der Waals surface area contributed by atoms with Crippen molar-refractivity contribution in [2.24, 2.45) is 0 Å². The molecule has 2 aromatic rings. The summed E-state index contributed by atoms with van der Waals surface area (Å²) in [5.74, 6) is 0. The Bertz CT molecular complexity index is 423. The van der Waals surface area contributed by atoms with Gasteiger partial charge in [-0.25, -0.2) is 4.98 Å². The van der Waals surface area contributed by atoms with Gasteiger partial charge in [-0.1, -0.05) is 24.3 Å². The molecule has 0 atom stereocenters. The Kier molecular flexibility index (Phi) is 1.85. The number of hydrogen-bond acceptors (Lipinski definition) is 1. The van der Waals surface area contributed by atoms with Crippen LogP contribution in [0.4, 0.5) is 0 Å². The van der Waals surface area contributed by atoms with Gasteiger partial charge in [-0.15, -0.1) is 0 Å². The lowest BCUT2D eigenvalue weighted by molar-refractivity contribution is 1.19. The summed E-state index contributed by atoms with van der Waals surface area (Å²) in [5.41, 5.74) is 1.04. The Morgan fingerprint density at radius 2 is 2.00 bits per heavy atom. The van der Waals surface area contributed by atoms with Crippen LogP contribution in [0, 0.1) is 6.92 Å². The number of rotatable bonds is 0. The fraction of sp³-hybridized carbons (Fsp3) is 0.100. The van der Waals surface area contributed by atoms with E-state index in [-0.39, 0.29) is 0 Å². The van der Waals surface area contributed by atoms with Gasteiger partial charge in [0, 0.05) is 11.1 Å². The van der Waals surface area contributed by atoms with Gasteiger partial charge in [0.25, 0.3) is 0 Å². The summed E-state index contributed by atoms with van der Waals surface area (Å²) in [7, 11) is 0. The molecule has 1 aromatic heterocycles. The van der Waals surface area contributed by atoms with Gasteiger partial charge < -0.3 is 0 Å². The highest BCUT2D eigenvalue weighted by Gasteiger charge is 1.98. The molecule has 0 bridgehead atoms. The molecule has 0 N–H and O–H groups in total. The van der Waals surface area contributed by atoms with Gasteiger partial charge in [-0.05, 0) is 34.3 Å². The molecule has 0 radical (unpaired) electrons. The van der Waals surface area contributed by atoms with Crippen LogP contribution in [-0.4, -0.2) is 4.98 Å². The number of nitrogens with zero attached hydrogens (tertiary/aromatic N) is 1. The molecule has 2 rings (SSSR count). The van der Waals surface area contributed by atoms with Crippen molar-refractivity contribution >= 4 is 26.7 Å². The molecule has 2 heteroatoms. The van der Waals surface area contributed by atoms with Crippen LogP contribution >= 0.6 is 15.9 Å². The summed E-state index contributed by atoms with van der Waals surface area (Å²) >= 11 is 3.44. The molecule has 0 fully saturated rings. The molecule has 0 aliphatic rings. The van der Waals surface area contributed by atoms with Gasteiger partial charge in [0.05, 0.1) is 0 Å². The Morgan fingerprint density at radius 3 is 2.83 bits per heavy atom. The molecule has 0 spiro atoms. The van der Waals surface area contributed by atoms with Gasteiger partial charge in [-0.2, -0.15) is 0 Å². The molecule has 12 heavy (non-hydrogen) atoms. The highest BCUT2D eigenvalue weighted by atomic mass is 79.9. The lowest BCUT2D eigenvalue weighted by Crippen LogP contribution is -1.83. The maximum Gasteiger partial charge on any atom is 0.114 e. The maximum atomic E-state index is 4.32. The Morgan fingerprint density at radius 1 is 1.25 bits per heavy atom. The van der Waals surface area contributed by atoms with Crippen LogP contribution in [0.1, 0.15) is 5.69 Å². The molecule has 0 aliphatic carbocycles. The van der Waals surface area contributed by atoms with Crippen molar-refractivity contribution in [2.75, 3.05) is 0 Å². The maximum absolute atomic E-state index is 4.32. The Hall–Kier alpha value is -0.890. The van der Waals surface area contributed by atoms with E-state index >= 15 is 0 Å². The standard InChI is InChI=1S/C10H8BrN/c1-7-6-8-4-2-3-5-9(8)10(11)12-7/h2-6H,1H3. The minimum atomic E-state index is 0.929. The number of pyridine rings is 1. The molecular weight excluding hydrogens is 214 g/mol. The highest BCUT2D eigenvalue weighted by Crippen LogP contribution is 2.22. The molecule has 1 nitrogen and oxygen atoms in total. The monoisotopic (exact) mass is 221 g/mol. The lowest BCUT2D eigenvalue weighted by Gasteiger charge is -2.00. The van der Waals surface area contributed by atoms with Crippen LogP contribution in [-0.2, 0) is 0 Å². The zero-order valence-corrected chi connectivity index (χ0v) is 8.30. The Labute approximate surface area is 79.6 Å². The second-order valence-corrected chi connectivity index (χ2v) is 3.53. The predicted molar refractivity (Wildman–Crippen MR) is 54.2 cm³/mol. The number of benzene rings is 1. The van der Waals surface area contributed by atoms with Gasteiger partial charge >= 0.3 is 0 Å². The van der Waals surface area contributed by atoms with Crippen molar-refractivity contribution in [2.45, 2.75) is 6.92 Å². The zero-order valence-electron chi connectivity index (χ0n) is 6.71. The molecule has 1 aromatic carbocycles. The Balaban J connectivity index is 2.89. The van der Waals surface area contributed by atoms with Crippen molar-refractivity contribution in [3.05, 3.63) is 40.6 Å². The summed E-state index contributed by atoms with van der Waals surface area (Å²) in [4.78, 5) is 4.32. The van der Waals surface area contributed by atoms with E-state index in [1.807, 2.05) is 19.1 Å². The van der Waals surface area contributed by atoms with Gasteiger partial charge in [0.2, 0.25) is 0 Å². The minimum Gasteiger partial charge on any atom is -0.246 e. The first-order valence-electron chi connectivity index (χ1n) is 3.79. The van der Waals surface area contributed by atoms with Gasteiger partial charge in [0.1, 0.15) is 4.60 Å². The zero-order chi connectivity index (χ0) is 8.55. The normalized spacial score (nSPS) is 10.5. The minimum absolute atomic E-state index is 0.929. The SMILES string of the molecule is Cc1cc2ccccc2c(Br)n1. The van der Waals surface area contributed by atoms with Crippen molar-refractivity contribution in [3.8, 4) is 0 Å². The smallest absolute Gasteiger partial charge is 0.114 e. The third-order valence-electron chi connectivity index (χ3n) is 1.82. The van der Waals surface area contributed by atoms with Crippen molar-refractivity contribution in [1.29, 1.82) is 0 Å². The highest BCUT2D eigenvalue weighted by molar-refractivity contribution is 9.10. The van der Waals surface area contributed by atoms with E-state index in [0.717, 1.165) is 10.3 Å². The van der Waals surface area contributed by atoms with E-state index in [4.69, 9.17) is 0 Å². The van der Waals surface area contributed by atoms with Crippen LogP contribution < -0.4 is 0 Å². The van der Waals surface area contributed by atoms with E-state index in [0.29, 0.717) is 0 Å². The number of aryl methyl sites for hydroxylation is 1. The third-order valence-corrected chi connectivity index (χ3v) is 2.43. The average molecular weight is 222 g/mol. The van der Waals surface area contributed by atoms with Crippen LogP contribution in [0.2, 0.25) is 0 Å². The summed E-state index contributed by atoms with van der Waals surface area (Å²) in [6, 6.07) is 10.3. The van der Waals surface area contributed by atoms with Crippen LogP contribution in [0.5, 0.6) is 0 Å².